The number of hydrogen-bond donors (Lipinski definition) is 0. The Labute approximate surface area is 230 Å². The van der Waals surface area contributed by atoms with Gasteiger partial charge in [-0.2, -0.15) is 0 Å². The lowest BCUT2D eigenvalue weighted by Gasteiger charge is -2.49. The molecule has 5 heteroatoms. The van der Waals surface area contributed by atoms with Crippen molar-refractivity contribution in [2.45, 2.75) is 65.8 Å². The summed E-state index contributed by atoms with van der Waals surface area (Å²) in [5.41, 5.74) is 4.88. The van der Waals surface area contributed by atoms with Crippen molar-refractivity contribution in [2.24, 2.45) is 10.8 Å². The largest absolute Gasteiger partial charge is 0.481 e. The number of carbonyl (C=O) groups is 2. The highest BCUT2D eigenvalue weighted by molar-refractivity contribution is 6.30. The zero-order chi connectivity index (χ0) is 27.2. The highest BCUT2D eigenvalue weighted by Crippen LogP contribution is 2.56. The Bertz CT molecular complexity index is 1350. The van der Waals surface area contributed by atoms with Gasteiger partial charge in [-0.05, 0) is 47.4 Å². The van der Waals surface area contributed by atoms with Crippen LogP contribution in [0.1, 0.15) is 70.4 Å². The van der Waals surface area contributed by atoms with Gasteiger partial charge in [-0.1, -0.05) is 75.5 Å². The lowest BCUT2D eigenvalue weighted by molar-refractivity contribution is -0.119. The number of nitrogens with zero attached hydrogens (tertiary/aromatic N) is 1. The fourth-order valence-electron chi connectivity index (χ4n) is 6.31. The minimum atomic E-state index is -0.536. The molecule has 38 heavy (non-hydrogen) atoms. The average molecular weight is 528 g/mol. The molecule has 0 saturated heterocycles. The molecular formula is C33H34ClNO3. The molecule has 2 aliphatic carbocycles. The summed E-state index contributed by atoms with van der Waals surface area (Å²) in [6.45, 7) is 9.27. The van der Waals surface area contributed by atoms with Gasteiger partial charge >= 0.3 is 0 Å². The molecule has 196 valence electrons. The van der Waals surface area contributed by atoms with Crippen molar-refractivity contribution in [3.63, 3.8) is 0 Å². The second-order valence-corrected chi connectivity index (χ2v) is 12.7. The van der Waals surface area contributed by atoms with Crippen molar-refractivity contribution >= 4 is 23.2 Å². The molecule has 0 bridgehead atoms. The molecular weight excluding hydrogens is 494 g/mol. The molecule has 0 spiro atoms. The van der Waals surface area contributed by atoms with Crippen molar-refractivity contribution in [1.82, 2.24) is 4.90 Å². The normalized spacial score (nSPS) is 20.7. The summed E-state index contributed by atoms with van der Waals surface area (Å²) in [5.74, 6) is 2.70. The molecule has 0 N–H and O–H groups in total. The number of halogens is 1. The summed E-state index contributed by atoms with van der Waals surface area (Å²) in [7, 11) is 0. The molecule has 0 fully saturated rings. The van der Waals surface area contributed by atoms with Crippen LogP contribution < -0.4 is 4.74 Å². The zero-order valence-corrected chi connectivity index (χ0v) is 23.3. The number of carbonyl (C=O) groups excluding carboxylic acids is 2. The maximum atomic E-state index is 14.0. The fourth-order valence-corrected chi connectivity index (χ4v) is 6.49. The summed E-state index contributed by atoms with van der Waals surface area (Å²) >= 11 is 6.51. The third kappa shape index (κ3) is 4.93. The second kappa shape index (κ2) is 9.79. The number of hydrogen-bond acceptors (Lipinski definition) is 4. The predicted octanol–water partition coefficient (Wildman–Crippen LogP) is 7.24. The highest BCUT2D eigenvalue weighted by atomic mass is 35.5. The molecule has 0 radical (unpaired) electrons. The average Bonchev–Trinajstić information content (AvgIpc) is 2.83. The quantitative estimate of drug-likeness (QED) is 0.384. The van der Waals surface area contributed by atoms with Crippen LogP contribution in [0.5, 0.6) is 5.75 Å². The third-order valence-corrected chi connectivity index (χ3v) is 8.03. The number of allylic oxidation sites excluding steroid dienone is 4. The van der Waals surface area contributed by atoms with E-state index in [1.165, 1.54) is 0 Å². The van der Waals surface area contributed by atoms with Crippen molar-refractivity contribution in [3.05, 3.63) is 87.2 Å². The Morgan fingerprint density at radius 2 is 1.50 bits per heavy atom. The van der Waals surface area contributed by atoms with E-state index in [1.807, 2.05) is 24.3 Å². The zero-order valence-electron chi connectivity index (χ0n) is 22.6. The maximum Gasteiger partial charge on any atom is 0.162 e. The molecule has 0 aromatic heterocycles. The monoisotopic (exact) mass is 527 g/mol. The van der Waals surface area contributed by atoms with E-state index in [1.54, 1.807) is 12.1 Å². The van der Waals surface area contributed by atoms with Crippen molar-refractivity contribution in [1.29, 1.82) is 0 Å². The van der Waals surface area contributed by atoms with Crippen molar-refractivity contribution in [2.75, 3.05) is 6.61 Å². The SMILES string of the molecule is C#CCOc1ccc(Cl)cc1C1C2=C(CC(C)(C)CC2=O)N(Cc2ccccc2)C2=C1C(=O)CC(C)(C)C2. The van der Waals surface area contributed by atoms with Gasteiger partial charge in [0.05, 0.1) is 0 Å². The summed E-state index contributed by atoms with van der Waals surface area (Å²) < 4.78 is 5.95. The van der Waals surface area contributed by atoms with Crippen LogP contribution >= 0.6 is 11.6 Å². The van der Waals surface area contributed by atoms with Gasteiger partial charge in [0.1, 0.15) is 12.4 Å². The fraction of sp³-hybridized carbons (Fsp3) is 0.394. The van der Waals surface area contributed by atoms with Gasteiger partial charge in [0.25, 0.3) is 0 Å². The van der Waals surface area contributed by atoms with Gasteiger partial charge in [0, 0.05) is 58.4 Å². The van der Waals surface area contributed by atoms with E-state index in [9.17, 15) is 9.59 Å². The first-order valence-electron chi connectivity index (χ1n) is 13.2. The summed E-state index contributed by atoms with van der Waals surface area (Å²) in [5, 5.41) is 0.524. The summed E-state index contributed by atoms with van der Waals surface area (Å²) in [6.07, 6.45) is 7.83. The second-order valence-electron chi connectivity index (χ2n) is 12.3. The molecule has 2 aromatic carbocycles. The van der Waals surface area contributed by atoms with E-state index in [2.05, 4.69) is 50.6 Å². The highest BCUT2D eigenvalue weighted by Gasteiger charge is 2.49. The molecule has 0 amide bonds. The van der Waals surface area contributed by atoms with Gasteiger partial charge in [-0.25, -0.2) is 0 Å². The number of ether oxygens (including phenoxy) is 1. The van der Waals surface area contributed by atoms with E-state index >= 15 is 0 Å². The van der Waals surface area contributed by atoms with E-state index in [-0.39, 0.29) is 29.0 Å². The maximum absolute atomic E-state index is 14.0. The smallest absolute Gasteiger partial charge is 0.162 e. The third-order valence-electron chi connectivity index (χ3n) is 7.80. The van der Waals surface area contributed by atoms with Gasteiger partial charge in [-0.3, -0.25) is 9.59 Å². The van der Waals surface area contributed by atoms with Crippen LogP contribution in [0.15, 0.2) is 71.1 Å². The molecule has 3 aliphatic rings. The topological polar surface area (TPSA) is 46.6 Å². The van der Waals surface area contributed by atoms with Crippen LogP contribution in [0.25, 0.3) is 0 Å². The molecule has 5 rings (SSSR count). The standard InChI is InChI=1S/C33H34ClNO3/c1-6-14-38-28-13-12-22(34)15-23(28)29-30-24(16-32(2,3)18-26(30)36)35(20-21-10-8-7-9-11-21)25-17-33(4,5)19-27(37)31(25)29/h1,7-13,15,29H,14,16-20H2,2-5H3. The van der Waals surface area contributed by atoms with Gasteiger partial charge in [0.2, 0.25) is 0 Å². The minimum absolute atomic E-state index is 0.0753. The molecule has 1 heterocycles. The molecule has 0 unspecified atom stereocenters. The molecule has 1 aliphatic heterocycles. The predicted molar refractivity (Wildman–Crippen MR) is 151 cm³/mol. The van der Waals surface area contributed by atoms with Gasteiger partial charge < -0.3 is 9.64 Å². The van der Waals surface area contributed by atoms with Crippen LogP contribution in [-0.2, 0) is 16.1 Å². The number of terminal acetylenes is 1. The number of ketones is 2. The molecule has 0 saturated carbocycles. The van der Waals surface area contributed by atoms with Crippen molar-refractivity contribution in [3.8, 4) is 18.1 Å². The van der Waals surface area contributed by atoms with Crippen LogP contribution in [0.2, 0.25) is 5.02 Å². The lowest BCUT2D eigenvalue weighted by Crippen LogP contribution is -2.44. The Kier molecular flexibility index (Phi) is 6.78. The first-order valence-corrected chi connectivity index (χ1v) is 13.6. The van der Waals surface area contributed by atoms with Crippen LogP contribution in [0.4, 0.5) is 0 Å². The van der Waals surface area contributed by atoms with E-state index in [4.69, 9.17) is 22.8 Å². The molecule has 2 aromatic rings. The summed E-state index contributed by atoms with van der Waals surface area (Å²) in [4.78, 5) is 30.3. The number of benzene rings is 2. The van der Waals surface area contributed by atoms with E-state index in [0.29, 0.717) is 41.3 Å². The Morgan fingerprint density at radius 3 is 2.05 bits per heavy atom. The van der Waals surface area contributed by atoms with Crippen LogP contribution in [0, 0.1) is 23.2 Å². The molecule has 4 nitrogen and oxygen atoms in total. The van der Waals surface area contributed by atoms with E-state index < -0.39 is 5.92 Å². The Hall–Kier alpha value is -3.29. The van der Waals surface area contributed by atoms with Crippen LogP contribution in [-0.4, -0.2) is 23.1 Å². The molecule has 0 atom stereocenters. The number of rotatable bonds is 5. The minimum Gasteiger partial charge on any atom is -0.481 e. The van der Waals surface area contributed by atoms with Gasteiger partial charge in [0.15, 0.2) is 11.6 Å². The first-order chi connectivity index (χ1) is 18.0. The van der Waals surface area contributed by atoms with Crippen LogP contribution in [0.3, 0.4) is 0 Å². The lowest BCUT2D eigenvalue weighted by atomic mass is 9.63. The van der Waals surface area contributed by atoms with E-state index in [0.717, 1.165) is 35.4 Å². The summed E-state index contributed by atoms with van der Waals surface area (Å²) in [6, 6.07) is 15.6. The van der Waals surface area contributed by atoms with Crippen molar-refractivity contribution < 1.29 is 14.3 Å². The number of Topliss-reactive ketones (excluding diaryl/α,β-unsaturated/α-hetero) is 2. The van der Waals surface area contributed by atoms with Gasteiger partial charge in [-0.15, -0.1) is 6.42 Å². The Morgan fingerprint density at radius 1 is 0.921 bits per heavy atom. The first kappa shape index (κ1) is 26.3. The Balaban J connectivity index is 1.79.